The highest BCUT2D eigenvalue weighted by atomic mass is 35.5. The first-order chi connectivity index (χ1) is 19.8. The second kappa shape index (κ2) is 11.7. The summed E-state index contributed by atoms with van der Waals surface area (Å²) in [4.78, 5) is 14.0. The van der Waals surface area contributed by atoms with Crippen molar-refractivity contribution >= 4 is 52.9 Å². The molecule has 3 aromatic rings. The van der Waals surface area contributed by atoms with Gasteiger partial charge in [-0.3, -0.25) is 0 Å². The highest BCUT2D eigenvalue weighted by Crippen LogP contribution is 2.48. The normalized spacial score (nSPS) is 17.0. The zero-order valence-corrected chi connectivity index (χ0v) is 27.8. The summed E-state index contributed by atoms with van der Waals surface area (Å²) >= 11 is 6.52. The molecule has 2 aromatic carbocycles. The van der Waals surface area contributed by atoms with E-state index < -0.39 is 7.14 Å². The number of anilines is 5. The number of halogens is 1. The van der Waals surface area contributed by atoms with Gasteiger partial charge in [0.25, 0.3) is 0 Å². The molecule has 0 amide bonds. The van der Waals surface area contributed by atoms with E-state index >= 15 is 0 Å². The molecule has 1 saturated carbocycles. The third kappa shape index (κ3) is 6.13. The zero-order valence-electron chi connectivity index (χ0n) is 26.1. The van der Waals surface area contributed by atoms with Crippen LogP contribution in [-0.2, 0) is 4.57 Å². The number of ether oxygens (including phenoxy) is 1. The molecule has 8 nitrogen and oxygen atoms in total. The predicted molar refractivity (Wildman–Crippen MR) is 177 cm³/mol. The van der Waals surface area contributed by atoms with Crippen molar-refractivity contribution in [3.8, 4) is 5.75 Å². The molecule has 1 aromatic heterocycles. The summed E-state index contributed by atoms with van der Waals surface area (Å²) in [6, 6.07) is 8.87. The number of rotatable bonds is 8. The lowest BCUT2D eigenvalue weighted by Gasteiger charge is -2.55. The Labute approximate surface area is 255 Å². The Morgan fingerprint density at radius 2 is 1.74 bits per heavy atom. The van der Waals surface area contributed by atoms with Gasteiger partial charge in [-0.2, -0.15) is 4.98 Å². The summed E-state index contributed by atoms with van der Waals surface area (Å²) in [5, 5.41) is 7.83. The lowest BCUT2D eigenvalue weighted by Crippen LogP contribution is -2.59. The summed E-state index contributed by atoms with van der Waals surface area (Å²) in [7, 11) is 3.51. The van der Waals surface area contributed by atoms with Crippen LogP contribution in [-0.4, -0.2) is 68.5 Å². The Morgan fingerprint density at radius 1 is 1.05 bits per heavy atom. The van der Waals surface area contributed by atoms with Crippen LogP contribution in [0.4, 0.5) is 28.8 Å². The van der Waals surface area contributed by atoms with Crippen LogP contribution in [0.3, 0.4) is 0 Å². The molecule has 1 saturated heterocycles. The van der Waals surface area contributed by atoms with E-state index in [1.54, 1.807) is 26.6 Å². The summed E-state index contributed by atoms with van der Waals surface area (Å²) in [5.74, 6) is 1.55. The Bertz CT molecular complexity index is 1520. The summed E-state index contributed by atoms with van der Waals surface area (Å²) < 4.78 is 19.0. The van der Waals surface area contributed by atoms with Gasteiger partial charge >= 0.3 is 0 Å². The van der Waals surface area contributed by atoms with Gasteiger partial charge in [0.05, 0.1) is 24.7 Å². The maximum absolute atomic E-state index is 13.2. The first-order valence-corrected chi connectivity index (χ1v) is 17.6. The van der Waals surface area contributed by atoms with Crippen LogP contribution < -0.4 is 25.6 Å². The number of methoxy groups -OCH3 is 1. The maximum Gasteiger partial charge on any atom is 0.229 e. The van der Waals surface area contributed by atoms with Crippen LogP contribution in [0.5, 0.6) is 5.75 Å². The summed E-state index contributed by atoms with van der Waals surface area (Å²) in [6.07, 6.45) is 6.72. The Morgan fingerprint density at radius 3 is 2.36 bits per heavy atom. The number of nitrogens with zero attached hydrogens (tertiary/aromatic N) is 4. The van der Waals surface area contributed by atoms with Crippen molar-refractivity contribution in [2.75, 3.05) is 63.2 Å². The Kier molecular flexibility index (Phi) is 8.54. The fraction of sp³-hybridized carbons (Fsp3) is 0.500. The van der Waals surface area contributed by atoms with Gasteiger partial charge in [-0.25, -0.2) is 4.98 Å². The Balaban J connectivity index is 1.34. The minimum absolute atomic E-state index is 0.372. The predicted octanol–water partition coefficient (Wildman–Crippen LogP) is 7.11. The van der Waals surface area contributed by atoms with E-state index in [0.29, 0.717) is 28.2 Å². The molecule has 2 heterocycles. The summed E-state index contributed by atoms with van der Waals surface area (Å²) in [5.41, 5.74) is 6.44. The molecule has 5 rings (SSSR count). The first-order valence-electron chi connectivity index (χ1n) is 14.6. The SMILES string of the molecule is COc1cc(N2CC3(CCC(N(C)C)CC3)C2)c(C)cc1Nc1ncc(Cl)c(Nc2ccc(C)c(C)c2P(C)(C)=O)n1. The molecule has 1 aliphatic carbocycles. The molecular formula is C32H44ClN6O2P. The lowest BCUT2D eigenvalue weighted by molar-refractivity contribution is 0.0887. The van der Waals surface area contributed by atoms with Crippen LogP contribution >= 0.6 is 18.7 Å². The number of nitrogens with one attached hydrogen (secondary N) is 2. The van der Waals surface area contributed by atoms with Crippen molar-refractivity contribution in [3.05, 3.63) is 52.2 Å². The largest absolute Gasteiger partial charge is 0.494 e. The molecule has 0 bridgehead atoms. The molecule has 2 fully saturated rings. The topological polar surface area (TPSA) is 82.6 Å². The molecule has 10 heteroatoms. The fourth-order valence-corrected chi connectivity index (χ4v) is 8.46. The first kappa shape index (κ1) is 30.7. The second-order valence-electron chi connectivity index (χ2n) is 12.8. The number of aromatic nitrogens is 2. The number of hydrogen-bond acceptors (Lipinski definition) is 8. The third-order valence-electron chi connectivity index (χ3n) is 9.14. The minimum atomic E-state index is -2.57. The van der Waals surface area contributed by atoms with E-state index in [9.17, 15) is 4.57 Å². The highest BCUT2D eigenvalue weighted by molar-refractivity contribution is 7.70. The van der Waals surface area contributed by atoms with E-state index in [2.05, 4.69) is 63.6 Å². The van der Waals surface area contributed by atoms with Gasteiger partial charge in [0.1, 0.15) is 17.9 Å². The molecule has 0 radical (unpaired) electrons. The van der Waals surface area contributed by atoms with Gasteiger partial charge in [-0.1, -0.05) is 17.7 Å². The van der Waals surface area contributed by atoms with Crippen molar-refractivity contribution in [1.82, 2.24) is 14.9 Å². The van der Waals surface area contributed by atoms with Crippen molar-refractivity contribution < 1.29 is 9.30 Å². The van der Waals surface area contributed by atoms with Gasteiger partial charge < -0.3 is 29.7 Å². The molecule has 2 N–H and O–H groups in total. The molecule has 2 aliphatic rings. The number of hydrogen-bond donors (Lipinski definition) is 2. The Hall–Kier alpha value is -2.80. The van der Waals surface area contributed by atoms with E-state index in [-0.39, 0.29) is 0 Å². The van der Waals surface area contributed by atoms with E-state index in [0.717, 1.165) is 46.6 Å². The van der Waals surface area contributed by atoms with Crippen molar-refractivity contribution in [2.45, 2.75) is 52.5 Å². The molecule has 42 heavy (non-hydrogen) atoms. The lowest BCUT2D eigenvalue weighted by atomic mass is 9.67. The van der Waals surface area contributed by atoms with Gasteiger partial charge in [0.2, 0.25) is 5.95 Å². The van der Waals surface area contributed by atoms with E-state index in [1.165, 1.54) is 36.9 Å². The van der Waals surface area contributed by atoms with Gasteiger partial charge in [0, 0.05) is 41.6 Å². The number of benzene rings is 2. The van der Waals surface area contributed by atoms with Gasteiger partial charge in [0.15, 0.2) is 5.82 Å². The zero-order chi connectivity index (χ0) is 30.4. The highest BCUT2D eigenvalue weighted by Gasteiger charge is 2.45. The maximum atomic E-state index is 13.2. The smallest absolute Gasteiger partial charge is 0.229 e. The third-order valence-corrected chi connectivity index (χ3v) is 11.1. The van der Waals surface area contributed by atoms with Gasteiger partial charge in [-0.05, 0) is 103 Å². The van der Waals surface area contributed by atoms with Crippen LogP contribution in [0.15, 0.2) is 30.5 Å². The van der Waals surface area contributed by atoms with E-state index in [4.69, 9.17) is 16.3 Å². The van der Waals surface area contributed by atoms with Crippen LogP contribution in [0.1, 0.15) is 42.4 Å². The second-order valence-corrected chi connectivity index (χ2v) is 16.3. The van der Waals surface area contributed by atoms with Gasteiger partial charge in [-0.15, -0.1) is 0 Å². The van der Waals surface area contributed by atoms with Crippen molar-refractivity contribution in [3.63, 3.8) is 0 Å². The average molecular weight is 611 g/mol. The van der Waals surface area contributed by atoms with Crippen molar-refractivity contribution in [1.29, 1.82) is 0 Å². The monoisotopic (exact) mass is 610 g/mol. The molecule has 1 spiro atoms. The van der Waals surface area contributed by atoms with Crippen LogP contribution in [0, 0.1) is 26.2 Å². The van der Waals surface area contributed by atoms with Crippen LogP contribution in [0.25, 0.3) is 0 Å². The fourth-order valence-electron chi connectivity index (χ4n) is 6.62. The summed E-state index contributed by atoms with van der Waals surface area (Å²) in [6.45, 7) is 11.9. The molecular weight excluding hydrogens is 567 g/mol. The minimum Gasteiger partial charge on any atom is -0.494 e. The molecule has 226 valence electrons. The van der Waals surface area contributed by atoms with Crippen molar-refractivity contribution in [2.24, 2.45) is 5.41 Å². The van der Waals surface area contributed by atoms with E-state index in [1.807, 2.05) is 26.0 Å². The molecule has 1 aliphatic heterocycles. The quantitative estimate of drug-likeness (QED) is 0.261. The van der Waals surface area contributed by atoms with Crippen LogP contribution in [0.2, 0.25) is 5.02 Å². The number of aryl methyl sites for hydroxylation is 2. The average Bonchev–Trinajstić information content (AvgIpc) is 2.91. The molecule has 0 unspecified atom stereocenters. The molecule has 0 atom stereocenters. The standard InChI is InChI=1S/C32H44ClN6O2P/c1-20-9-10-25(29(22(20)3)42(7,8)40)35-30-24(33)17-34-31(37-30)36-26-15-21(2)27(16-28(26)41-6)39-18-32(19-39)13-11-23(12-14-32)38(4)5/h9-10,15-17,23H,11-14,18-19H2,1-8H3,(H2,34,35,36,37).